The molecule has 1 amide bonds. The Morgan fingerprint density at radius 3 is 2.45 bits per heavy atom. The maximum absolute atomic E-state index is 11.5. The van der Waals surface area contributed by atoms with Crippen LogP contribution in [0.15, 0.2) is 0 Å². The molecular formula is C14H24NO4P. The van der Waals surface area contributed by atoms with Crippen LogP contribution in [0.3, 0.4) is 0 Å². The van der Waals surface area contributed by atoms with Crippen LogP contribution in [0.4, 0.5) is 0 Å². The molecule has 1 unspecified atom stereocenters. The molecule has 5 nitrogen and oxygen atoms in total. The first-order valence-corrected chi connectivity index (χ1v) is 8.00. The summed E-state index contributed by atoms with van der Waals surface area (Å²) >= 11 is 0. The monoisotopic (exact) mass is 301 g/mol. The van der Waals surface area contributed by atoms with Gasteiger partial charge in [-0.25, -0.2) is 0 Å². The van der Waals surface area contributed by atoms with Gasteiger partial charge < -0.3 is 0 Å². The van der Waals surface area contributed by atoms with E-state index in [-0.39, 0.29) is 18.7 Å². The molecule has 0 spiro atoms. The van der Waals surface area contributed by atoms with Gasteiger partial charge in [0.15, 0.2) is 0 Å². The van der Waals surface area contributed by atoms with Gasteiger partial charge in [0.05, 0.1) is 0 Å². The number of carbonyl (C=O) groups is 2. The van der Waals surface area contributed by atoms with E-state index < -0.39 is 19.8 Å². The first-order valence-electron chi connectivity index (χ1n) is 7.19. The number of carboxylic acid groups (broad SMARTS) is 1. The van der Waals surface area contributed by atoms with E-state index in [2.05, 4.69) is 17.9 Å². The average molecular weight is 301 g/mol. The molecular weight excluding hydrogens is 277 g/mol. The second-order valence-corrected chi connectivity index (χ2v) is 5.21. The van der Waals surface area contributed by atoms with Gasteiger partial charge in [0.1, 0.15) is 0 Å². The summed E-state index contributed by atoms with van der Waals surface area (Å²) in [6, 6.07) is 0. The minimum atomic E-state index is -1.10. The minimum absolute atomic E-state index is 0.120. The third-order valence-corrected chi connectivity index (χ3v) is 3.44. The fourth-order valence-corrected chi connectivity index (χ4v) is 2.17. The molecule has 6 heteroatoms. The molecule has 0 saturated heterocycles. The molecule has 0 aliphatic carbocycles. The predicted molar refractivity (Wildman–Crippen MR) is 78.2 cm³/mol. The molecule has 2 N–H and O–H groups in total. The van der Waals surface area contributed by atoms with E-state index in [0.29, 0.717) is 6.54 Å². The van der Waals surface area contributed by atoms with Gasteiger partial charge in [-0.2, -0.15) is 0 Å². The molecule has 1 atom stereocenters. The van der Waals surface area contributed by atoms with Crippen molar-refractivity contribution in [1.82, 2.24) is 5.32 Å². The van der Waals surface area contributed by atoms with Crippen molar-refractivity contribution < 1.29 is 19.3 Å². The number of carbonyl (C=O) groups excluding carboxylic acids is 1. The molecule has 0 aromatic carbocycles. The van der Waals surface area contributed by atoms with Crippen LogP contribution in [0.25, 0.3) is 0 Å². The average Bonchev–Trinajstić information content (AvgIpc) is 2.42. The standard InChI is InChI=1S/C14H24NO4P/c1-2-3-4-5-6-7-10-15-13(16)9-8-12(11-20-19)14(17)18/h12H,2-10H2,1H3,(H,15,16)(H,17,18). The quantitative estimate of drug-likeness (QED) is 0.453. The van der Waals surface area contributed by atoms with Crippen molar-refractivity contribution in [3.05, 3.63) is 0 Å². The van der Waals surface area contributed by atoms with Gasteiger partial charge in [-0.3, -0.25) is 0 Å². The van der Waals surface area contributed by atoms with Crippen molar-refractivity contribution in [2.75, 3.05) is 6.54 Å². The summed E-state index contributed by atoms with van der Waals surface area (Å²) in [5, 5.41) is 11.6. The van der Waals surface area contributed by atoms with Crippen LogP contribution in [0.2, 0.25) is 0 Å². The van der Waals surface area contributed by atoms with Gasteiger partial charge in [-0.05, 0) is 0 Å². The van der Waals surface area contributed by atoms with E-state index in [4.69, 9.17) is 5.11 Å². The van der Waals surface area contributed by atoms with E-state index in [1.165, 1.54) is 25.7 Å². The summed E-state index contributed by atoms with van der Waals surface area (Å²) in [6.45, 7) is 2.81. The zero-order valence-corrected chi connectivity index (χ0v) is 13.0. The van der Waals surface area contributed by atoms with Crippen LogP contribution in [0.1, 0.15) is 58.3 Å². The summed E-state index contributed by atoms with van der Waals surface area (Å²) in [5.41, 5.74) is 2.27. The molecule has 0 aliphatic rings. The van der Waals surface area contributed by atoms with Gasteiger partial charge in [0, 0.05) is 0 Å². The van der Waals surface area contributed by atoms with Crippen molar-refractivity contribution in [2.45, 2.75) is 58.3 Å². The van der Waals surface area contributed by atoms with Crippen molar-refractivity contribution in [3.8, 4) is 5.63 Å². The molecule has 0 rings (SSSR count). The number of unbranched alkanes of at least 4 members (excludes halogenated alkanes) is 5. The molecule has 20 heavy (non-hydrogen) atoms. The van der Waals surface area contributed by atoms with E-state index in [9.17, 15) is 14.2 Å². The number of aliphatic carboxylic acids is 1. The summed E-state index contributed by atoms with van der Waals surface area (Å²) in [7, 11) is -0.435. The normalized spacial score (nSPS) is 11.4. The SMILES string of the molecule is CCCCCCCCNC(=O)CCC(C#P=O)C(=O)O. The first-order chi connectivity index (χ1) is 9.61. The van der Waals surface area contributed by atoms with E-state index in [0.717, 1.165) is 12.8 Å². The molecule has 0 radical (unpaired) electrons. The molecule has 0 aromatic heterocycles. The van der Waals surface area contributed by atoms with Crippen LogP contribution in [0, 0.1) is 11.5 Å². The Balaban J connectivity index is 3.65. The number of nitrogens with one attached hydrogen (secondary N) is 1. The number of rotatable bonds is 11. The molecule has 0 heterocycles. The van der Waals surface area contributed by atoms with Crippen molar-refractivity contribution >= 4 is 19.8 Å². The Hall–Kier alpha value is -1.05. The summed E-state index contributed by atoms with van der Waals surface area (Å²) < 4.78 is 10.3. The summed E-state index contributed by atoms with van der Waals surface area (Å²) in [6.07, 6.45) is 7.22. The maximum atomic E-state index is 11.5. The third-order valence-electron chi connectivity index (χ3n) is 3.02. The molecule has 0 fully saturated rings. The van der Waals surface area contributed by atoms with E-state index >= 15 is 0 Å². The zero-order chi connectivity index (χ0) is 15.2. The van der Waals surface area contributed by atoms with Crippen molar-refractivity contribution in [3.63, 3.8) is 0 Å². The Bertz CT molecular complexity index is 391. The molecule has 0 bridgehead atoms. The first kappa shape index (κ1) is 18.9. The van der Waals surface area contributed by atoms with Gasteiger partial charge >= 0.3 is 107 Å². The number of amides is 1. The Labute approximate surface area is 121 Å². The van der Waals surface area contributed by atoms with Crippen LogP contribution in [-0.2, 0) is 14.2 Å². The van der Waals surface area contributed by atoms with Crippen molar-refractivity contribution in [1.29, 1.82) is 0 Å². The molecule has 114 valence electrons. The summed E-state index contributed by atoms with van der Waals surface area (Å²) in [5.74, 6) is -2.21. The molecule has 0 aliphatic heterocycles. The Morgan fingerprint density at radius 1 is 1.20 bits per heavy atom. The van der Waals surface area contributed by atoms with Crippen molar-refractivity contribution in [2.24, 2.45) is 5.92 Å². The van der Waals surface area contributed by atoms with Gasteiger partial charge in [-0.15, -0.1) is 0 Å². The third kappa shape index (κ3) is 10.8. The van der Waals surface area contributed by atoms with Crippen LogP contribution in [-0.4, -0.2) is 23.5 Å². The second-order valence-electron chi connectivity index (χ2n) is 4.77. The Kier molecular flexibility index (Phi) is 12.3. The van der Waals surface area contributed by atoms with Gasteiger partial charge in [0.2, 0.25) is 0 Å². The fourth-order valence-electron chi connectivity index (χ4n) is 1.80. The zero-order valence-electron chi connectivity index (χ0n) is 12.1. The molecule has 0 aromatic rings. The second kappa shape index (κ2) is 13.0. The van der Waals surface area contributed by atoms with Crippen LogP contribution in [0.5, 0.6) is 0 Å². The summed E-state index contributed by atoms with van der Waals surface area (Å²) in [4.78, 5) is 22.2. The van der Waals surface area contributed by atoms with E-state index in [1.54, 1.807) is 0 Å². The predicted octanol–water partition coefficient (Wildman–Crippen LogP) is 3.20. The fraction of sp³-hybridized carbons (Fsp3) is 0.786. The Morgan fingerprint density at radius 2 is 1.85 bits per heavy atom. The number of hydrogen-bond donors (Lipinski definition) is 2. The number of carboxylic acids is 1. The number of hydrogen-bond acceptors (Lipinski definition) is 3. The van der Waals surface area contributed by atoms with Crippen LogP contribution < -0.4 is 5.32 Å². The molecule has 0 saturated carbocycles. The van der Waals surface area contributed by atoms with Gasteiger partial charge in [-0.1, -0.05) is 13.3 Å². The topological polar surface area (TPSA) is 83.5 Å². The van der Waals surface area contributed by atoms with E-state index in [1.807, 2.05) is 0 Å². The van der Waals surface area contributed by atoms with Crippen LogP contribution >= 0.6 is 7.92 Å². The van der Waals surface area contributed by atoms with Gasteiger partial charge in [0.25, 0.3) is 0 Å².